The van der Waals surface area contributed by atoms with Gasteiger partial charge in [0.05, 0.1) is 0 Å². The van der Waals surface area contributed by atoms with E-state index in [4.69, 9.17) is 0 Å². The van der Waals surface area contributed by atoms with Crippen molar-refractivity contribution in [2.75, 3.05) is 0 Å². The third-order valence-electron chi connectivity index (χ3n) is 2.76. The molecule has 0 aromatic heterocycles. The first-order chi connectivity index (χ1) is 7.19. The highest BCUT2D eigenvalue weighted by Gasteiger charge is 2.10. The zero-order chi connectivity index (χ0) is 11.3. The lowest BCUT2D eigenvalue weighted by molar-refractivity contribution is 0.952. The molecule has 15 heavy (non-hydrogen) atoms. The van der Waals surface area contributed by atoms with Gasteiger partial charge in [-0.2, -0.15) is 0 Å². The number of benzene rings is 1. The average Bonchev–Trinajstić information content (AvgIpc) is 2.21. The van der Waals surface area contributed by atoms with Gasteiger partial charge >= 0.3 is 0 Å². The van der Waals surface area contributed by atoms with Crippen LogP contribution in [0.25, 0.3) is 0 Å². The molecular formula is C15H22. The molecule has 0 heteroatoms. The summed E-state index contributed by atoms with van der Waals surface area (Å²) in [4.78, 5) is 0. The summed E-state index contributed by atoms with van der Waals surface area (Å²) >= 11 is 0. The Balaban J connectivity index is 0.000000337. The molecule has 0 unspecified atom stereocenters. The maximum Gasteiger partial charge on any atom is -0.00643 e. The highest BCUT2D eigenvalue weighted by molar-refractivity contribution is 5.39. The Hall–Kier alpha value is -1.04. The second-order valence-corrected chi connectivity index (χ2v) is 4.39. The SMILES string of the molecule is CC1=C(C)Cc2ccccc2C1.CCC. The van der Waals surface area contributed by atoms with Gasteiger partial charge in [0.2, 0.25) is 0 Å². The first-order valence-electron chi connectivity index (χ1n) is 5.91. The summed E-state index contributed by atoms with van der Waals surface area (Å²) in [5.41, 5.74) is 6.13. The predicted octanol–water partition coefficient (Wildman–Crippen LogP) is 4.54. The number of hydrogen-bond acceptors (Lipinski definition) is 0. The predicted molar refractivity (Wildman–Crippen MR) is 68.2 cm³/mol. The van der Waals surface area contributed by atoms with Crippen molar-refractivity contribution in [3.8, 4) is 0 Å². The summed E-state index contributed by atoms with van der Waals surface area (Å²) in [6.07, 6.45) is 3.56. The van der Waals surface area contributed by atoms with Crippen molar-refractivity contribution in [1.29, 1.82) is 0 Å². The van der Waals surface area contributed by atoms with E-state index in [2.05, 4.69) is 52.0 Å². The molecule has 0 nitrogen and oxygen atoms in total. The smallest absolute Gasteiger partial charge is 0.00643 e. The first-order valence-corrected chi connectivity index (χ1v) is 5.91. The van der Waals surface area contributed by atoms with Gasteiger partial charge in [-0.05, 0) is 37.8 Å². The summed E-state index contributed by atoms with van der Waals surface area (Å²) in [5.74, 6) is 0. The van der Waals surface area contributed by atoms with E-state index in [1.54, 1.807) is 11.1 Å². The third-order valence-corrected chi connectivity index (χ3v) is 2.76. The Morgan fingerprint density at radius 2 is 1.20 bits per heavy atom. The van der Waals surface area contributed by atoms with Gasteiger partial charge in [0.25, 0.3) is 0 Å². The summed E-state index contributed by atoms with van der Waals surface area (Å²) in [7, 11) is 0. The minimum absolute atomic E-state index is 1.15. The quantitative estimate of drug-likeness (QED) is 0.542. The number of fused-ring (bicyclic) bond motifs is 1. The fourth-order valence-corrected chi connectivity index (χ4v) is 1.78. The average molecular weight is 202 g/mol. The summed E-state index contributed by atoms with van der Waals surface area (Å²) in [6.45, 7) is 8.73. The minimum Gasteiger partial charge on any atom is -0.0697 e. The summed E-state index contributed by atoms with van der Waals surface area (Å²) < 4.78 is 0. The molecule has 0 spiro atoms. The molecule has 1 aromatic carbocycles. The summed E-state index contributed by atoms with van der Waals surface area (Å²) in [6, 6.07) is 8.75. The normalized spacial score (nSPS) is 14.1. The van der Waals surface area contributed by atoms with Gasteiger partial charge in [-0.1, -0.05) is 55.7 Å². The van der Waals surface area contributed by atoms with E-state index >= 15 is 0 Å². The second-order valence-electron chi connectivity index (χ2n) is 4.39. The maximum atomic E-state index is 2.24. The maximum absolute atomic E-state index is 2.24. The molecule has 0 saturated carbocycles. The van der Waals surface area contributed by atoms with Gasteiger partial charge in [-0.3, -0.25) is 0 Å². The van der Waals surface area contributed by atoms with Crippen LogP contribution in [0.3, 0.4) is 0 Å². The fraction of sp³-hybridized carbons (Fsp3) is 0.467. The van der Waals surface area contributed by atoms with E-state index in [9.17, 15) is 0 Å². The second kappa shape index (κ2) is 5.75. The van der Waals surface area contributed by atoms with Crippen LogP contribution < -0.4 is 0 Å². The van der Waals surface area contributed by atoms with Gasteiger partial charge in [0, 0.05) is 0 Å². The lowest BCUT2D eigenvalue weighted by atomic mass is 9.88. The van der Waals surface area contributed by atoms with Gasteiger partial charge in [-0.25, -0.2) is 0 Å². The highest BCUT2D eigenvalue weighted by Crippen LogP contribution is 2.24. The number of hydrogen-bond donors (Lipinski definition) is 0. The standard InChI is InChI=1S/C12H14.C3H8/c1-9-7-11-5-3-4-6-12(11)8-10(9)2;1-3-2/h3-6H,7-8H2,1-2H3;3H2,1-2H3. The van der Waals surface area contributed by atoms with Gasteiger partial charge in [-0.15, -0.1) is 0 Å². The van der Waals surface area contributed by atoms with Gasteiger partial charge < -0.3 is 0 Å². The van der Waals surface area contributed by atoms with Crippen molar-refractivity contribution in [1.82, 2.24) is 0 Å². The molecule has 82 valence electrons. The fourth-order valence-electron chi connectivity index (χ4n) is 1.78. The Morgan fingerprint density at radius 1 is 0.867 bits per heavy atom. The van der Waals surface area contributed by atoms with Crippen LogP contribution in [0, 0.1) is 0 Å². The van der Waals surface area contributed by atoms with E-state index in [1.165, 1.54) is 17.5 Å². The zero-order valence-corrected chi connectivity index (χ0v) is 10.4. The van der Waals surface area contributed by atoms with Crippen molar-refractivity contribution in [2.45, 2.75) is 47.0 Å². The number of allylic oxidation sites excluding steroid dienone is 2. The lowest BCUT2D eigenvalue weighted by Gasteiger charge is -2.18. The molecule has 0 radical (unpaired) electrons. The van der Waals surface area contributed by atoms with E-state index in [-0.39, 0.29) is 0 Å². The van der Waals surface area contributed by atoms with Crippen LogP contribution in [0.1, 0.15) is 45.2 Å². The molecular weight excluding hydrogens is 180 g/mol. The topological polar surface area (TPSA) is 0 Å². The van der Waals surface area contributed by atoms with E-state index in [1.807, 2.05) is 0 Å². The highest BCUT2D eigenvalue weighted by atomic mass is 14.2. The largest absolute Gasteiger partial charge is 0.0697 e. The molecule has 0 saturated heterocycles. The molecule has 2 rings (SSSR count). The van der Waals surface area contributed by atoms with Crippen LogP contribution in [0.2, 0.25) is 0 Å². The third kappa shape index (κ3) is 3.23. The first kappa shape index (κ1) is 12.0. The molecule has 1 aliphatic carbocycles. The number of rotatable bonds is 0. The Labute approximate surface area is 94.0 Å². The molecule has 1 aromatic rings. The van der Waals surface area contributed by atoms with E-state index in [0.29, 0.717) is 0 Å². The molecule has 0 amide bonds. The van der Waals surface area contributed by atoms with Crippen LogP contribution in [-0.2, 0) is 12.8 Å². The van der Waals surface area contributed by atoms with Gasteiger partial charge in [0.1, 0.15) is 0 Å². The Kier molecular flexibility index (Phi) is 4.61. The van der Waals surface area contributed by atoms with Crippen LogP contribution in [0.15, 0.2) is 35.4 Å². The molecule has 0 atom stereocenters. The van der Waals surface area contributed by atoms with Crippen molar-refractivity contribution < 1.29 is 0 Å². The molecule has 1 aliphatic rings. The van der Waals surface area contributed by atoms with Crippen LogP contribution in [0.5, 0.6) is 0 Å². The summed E-state index contributed by atoms with van der Waals surface area (Å²) in [5, 5.41) is 0. The molecule has 0 aliphatic heterocycles. The minimum atomic E-state index is 1.15. The van der Waals surface area contributed by atoms with Crippen LogP contribution in [-0.4, -0.2) is 0 Å². The van der Waals surface area contributed by atoms with E-state index in [0.717, 1.165) is 12.8 Å². The monoisotopic (exact) mass is 202 g/mol. The lowest BCUT2D eigenvalue weighted by Crippen LogP contribution is -2.04. The molecule has 0 bridgehead atoms. The molecule has 0 fully saturated rings. The van der Waals surface area contributed by atoms with Crippen molar-refractivity contribution in [3.05, 3.63) is 46.5 Å². The Bertz CT molecular complexity index is 312. The molecule has 0 heterocycles. The zero-order valence-electron chi connectivity index (χ0n) is 10.4. The van der Waals surface area contributed by atoms with Crippen molar-refractivity contribution in [2.24, 2.45) is 0 Å². The van der Waals surface area contributed by atoms with Crippen molar-refractivity contribution in [3.63, 3.8) is 0 Å². The van der Waals surface area contributed by atoms with Crippen LogP contribution >= 0.6 is 0 Å². The Morgan fingerprint density at radius 3 is 1.53 bits per heavy atom. The van der Waals surface area contributed by atoms with E-state index < -0.39 is 0 Å². The van der Waals surface area contributed by atoms with Crippen LogP contribution in [0.4, 0.5) is 0 Å². The molecule has 0 N–H and O–H groups in total. The van der Waals surface area contributed by atoms with Crippen molar-refractivity contribution >= 4 is 0 Å². The van der Waals surface area contributed by atoms with Gasteiger partial charge in [0.15, 0.2) is 0 Å².